The van der Waals surface area contributed by atoms with Gasteiger partial charge in [-0.3, -0.25) is 0 Å². The predicted octanol–water partition coefficient (Wildman–Crippen LogP) is 4.91. The Morgan fingerprint density at radius 2 is 1.72 bits per heavy atom. The van der Waals surface area contributed by atoms with E-state index in [1.807, 2.05) is 0 Å². The fourth-order valence-corrected chi connectivity index (χ4v) is 1.94. The van der Waals surface area contributed by atoms with Crippen molar-refractivity contribution in [3.05, 3.63) is 72.3 Å². The summed E-state index contributed by atoms with van der Waals surface area (Å²) in [7, 11) is 0. The van der Waals surface area contributed by atoms with Gasteiger partial charge in [0.05, 0.1) is 0 Å². The summed E-state index contributed by atoms with van der Waals surface area (Å²) in [5.41, 5.74) is 1.47. The zero-order valence-electron chi connectivity index (χ0n) is 10.8. The number of fused-ring (bicyclic) bond motifs is 1. The second-order valence-electron chi connectivity index (χ2n) is 4.20. The molecule has 0 aliphatic carbocycles. The predicted molar refractivity (Wildman–Crippen MR) is 75.6 cm³/mol. The van der Waals surface area contributed by atoms with Gasteiger partial charge in [0.25, 0.3) is 0 Å². The van der Waals surface area contributed by atoms with Gasteiger partial charge in [-0.05, 0) is 0 Å². The molecule has 0 N–H and O–H groups in total. The van der Waals surface area contributed by atoms with Crippen molar-refractivity contribution >= 4 is 10.8 Å². The third-order valence-corrected chi connectivity index (χ3v) is 2.82. The van der Waals surface area contributed by atoms with Gasteiger partial charge in [0.1, 0.15) is 0 Å². The first kappa shape index (κ1) is 15.1. The molecule has 0 aromatic heterocycles. The fourth-order valence-electron chi connectivity index (χ4n) is 1.94. The minimum atomic E-state index is 0. The van der Waals surface area contributed by atoms with E-state index in [1.165, 1.54) is 29.2 Å². The summed E-state index contributed by atoms with van der Waals surface area (Å²) in [6.07, 6.45) is 2.48. The molecule has 90 valence electrons. The van der Waals surface area contributed by atoms with E-state index in [-0.39, 0.29) is 26.2 Å². The number of benzene rings is 1. The fraction of sp³-hybridized carbons (Fsp3) is 0.176. The maximum atomic E-state index is 2.20. The summed E-state index contributed by atoms with van der Waals surface area (Å²) in [4.78, 5) is 0. The minimum absolute atomic E-state index is 0. The van der Waals surface area contributed by atoms with Crippen LogP contribution in [-0.4, -0.2) is 0 Å². The monoisotopic (exact) mass is 312 g/mol. The Morgan fingerprint density at radius 1 is 1.00 bits per heavy atom. The third-order valence-electron chi connectivity index (χ3n) is 2.82. The topological polar surface area (TPSA) is 0 Å². The van der Waals surface area contributed by atoms with E-state index >= 15 is 0 Å². The molecular formula is C17H18Zr. The van der Waals surface area contributed by atoms with Crippen molar-refractivity contribution in [3.8, 4) is 0 Å². The van der Waals surface area contributed by atoms with Crippen LogP contribution in [0.3, 0.4) is 0 Å². The molecule has 3 rings (SSSR count). The molecule has 0 bridgehead atoms. The SMILES string of the molecule is CCC[c-]1cccc1.[Zr+2].c1ccc2[cH-]ccc2c1. The number of hydrogen-bond donors (Lipinski definition) is 0. The van der Waals surface area contributed by atoms with Gasteiger partial charge in [-0.25, -0.2) is 12.1 Å². The van der Waals surface area contributed by atoms with Crippen LogP contribution in [-0.2, 0) is 32.6 Å². The Hall–Kier alpha value is -0.937. The first-order chi connectivity index (χ1) is 8.40. The molecule has 0 fully saturated rings. The molecule has 0 saturated carbocycles. The van der Waals surface area contributed by atoms with Crippen molar-refractivity contribution in [3.63, 3.8) is 0 Å². The van der Waals surface area contributed by atoms with E-state index in [4.69, 9.17) is 0 Å². The summed E-state index contributed by atoms with van der Waals surface area (Å²) >= 11 is 0. The molecule has 0 aliphatic rings. The van der Waals surface area contributed by atoms with Crippen LogP contribution in [0.2, 0.25) is 0 Å². The Morgan fingerprint density at radius 3 is 2.39 bits per heavy atom. The molecule has 3 aromatic rings. The second kappa shape index (κ2) is 8.22. The Kier molecular flexibility index (Phi) is 6.90. The molecule has 1 heteroatoms. The van der Waals surface area contributed by atoms with Crippen LogP contribution in [0.4, 0.5) is 0 Å². The Labute approximate surface area is 128 Å². The molecule has 3 aromatic carbocycles. The van der Waals surface area contributed by atoms with Gasteiger partial charge >= 0.3 is 26.2 Å². The quantitative estimate of drug-likeness (QED) is 0.589. The van der Waals surface area contributed by atoms with Crippen molar-refractivity contribution in [2.75, 3.05) is 0 Å². The van der Waals surface area contributed by atoms with E-state index in [2.05, 4.69) is 73.7 Å². The summed E-state index contributed by atoms with van der Waals surface area (Å²) in [5.74, 6) is 0. The number of hydrogen-bond acceptors (Lipinski definition) is 0. The summed E-state index contributed by atoms with van der Waals surface area (Å²) in [6, 6.07) is 23.2. The molecule has 18 heavy (non-hydrogen) atoms. The minimum Gasteiger partial charge on any atom is -0.213 e. The third kappa shape index (κ3) is 4.39. The standard InChI is InChI=1S/C9H7.C8H11.Zr/c1-2-5-9-7-3-6-8(9)4-1;1-2-5-8-6-3-4-7-8;/h1-7H;3-4,6-7H,2,5H2,1H3;/q2*-1;+2. The van der Waals surface area contributed by atoms with Crippen molar-refractivity contribution < 1.29 is 26.2 Å². The normalized spacial score (nSPS) is 9.39. The Bertz CT molecular complexity index is 501. The van der Waals surface area contributed by atoms with Crippen LogP contribution in [0.15, 0.2) is 66.7 Å². The van der Waals surface area contributed by atoms with Crippen molar-refractivity contribution in [1.82, 2.24) is 0 Å². The van der Waals surface area contributed by atoms with E-state index < -0.39 is 0 Å². The van der Waals surface area contributed by atoms with Gasteiger partial charge in [-0.1, -0.05) is 25.8 Å². The van der Waals surface area contributed by atoms with Crippen LogP contribution >= 0.6 is 0 Å². The zero-order chi connectivity index (χ0) is 11.9. The molecular weight excluding hydrogens is 295 g/mol. The van der Waals surface area contributed by atoms with E-state index in [0.717, 1.165) is 0 Å². The van der Waals surface area contributed by atoms with Crippen molar-refractivity contribution in [1.29, 1.82) is 0 Å². The van der Waals surface area contributed by atoms with Crippen molar-refractivity contribution in [2.45, 2.75) is 19.8 Å². The van der Waals surface area contributed by atoms with Gasteiger partial charge < -0.3 is 0 Å². The molecule has 0 atom stereocenters. The molecule has 0 radical (unpaired) electrons. The molecule has 0 amide bonds. The van der Waals surface area contributed by atoms with E-state index in [9.17, 15) is 0 Å². The molecule has 0 heterocycles. The van der Waals surface area contributed by atoms with Crippen LogP contribution in [0.25, 0.3) is 10.8 Å². The molecule has 0 unspecified atom stereocenters. The van der Waals surface area contributed by atoms with Crippen molar-refractivity contribution in [2.24, 2.45) is 0 Å². The van der Waals surface area contributed by atoms with Crippen LogP contribution in [0.5, 0.6) is 0 Å². The van der Waals surface area contributed by atoms with Gasteiger partial charge in [0.2, 0.25) is 0 Å². The largest absolute Gasteiger partial charge is 2.00 e. The van der Waals surface area contributed by atoms with Crippen LogP contribution < -0.4 is 0 Å². The first-order valence-electron chi connectivity index (χ1n) is 6.21. The van der Waals surface area contributed by atoms with Gasteiger partial charge in [0, 0.05) is 0 Å². The maximum absolute atomic E-state index is 2.20. The molecule has 0 nitrogen and oxygen atoms in total. The van der Waals surface area contributed by atoms with E-state index in [0.29, 0.717) is 0 Å². The molecule has 0 aliphatic heterocycles. The van der Waals surface area contributed by atoms with Gasteiger partial charge in [-0.15, -0.1) is 29.7 Å². The smallest absolute Gasteiger partial charge is 0.213 e. The van der Waals surface area contributed by atoms with Crippen LogP contribution in [0, 0.1) is 0 Å². The zero-order valence-corrected chi connectivity index (χ0v) is 13.2. The first-order valence-corrected chi connectivity index (χ1v) is 6.21. The maximum Gasteiger partial charge on any atom is 2.00 e. The number of rotatable bonds is 2. The summed E-state index contributed by atoms with van der Waals surface area (Å²) in [5, 5.41) is 2.66. The second-order valence-corrected chi connectivity index (χ2v) is 4.20. The Balaban J connectivity index is 0.000000172. The average molecular weight is 314 g/mol. The van der Waals surface area contributed by atoms with Crippen LogP contribution in [0.1, 0.15) is 18.9 Å². The summed E-state index contributed by atoms with van der Waals surface area (Å²) < 4.78 is 0. The number of aryl methyl sites for hydroxylation is 1. The average Bonchev–Trinajstić information content (AvgIpc) is 3.00. The van der Waals surface area contributed by atoms with Gasteiger partial charge in [-0.2, -0.15) is 35.2 Å². The molecule has 0 saturated heterocycles. The summed E-state index contributed by atoms with van der Waals surface area (Å²) in [6.45, 7) is 2.20. The van der Waals surface area contributed by atoms with E-state index in [1.54, 1.807) is 0 Å². The molecule has 0 spiro atoms. The van der Waals surface area contributed by atoms with Gasteiger partial charge in [0.15, 0.2) is 0 Å².